The molecule has 0 saturated carbocycles. The van der Waals surface area contributed by atoms with Gasteiger partial charge in [-0.2, -0.15) is 0 Å². The number of carbonyl (C=O) groups excluding carboxylic acids is 1. The van der Waals surface area contributed by atoms with E-state index in [1.807, 2.05) is 19.0 Å². The van der Waals surface area contributed by atoms with Crippen LogP contribution in [0.1, 0.15) is 27.7 Å². The standard InChI is InChI=1S/C13H29N3O/c1-11(2)14(5)8-9-15(6)13(17)10-16(7)12(3)4/h11-12H,8-10H2,1-7H3. The number of nitrogens with zero attached hydrogens (tertiary/aromatic N) is 3. The van der Waals surface area contributed by atoms with Crippen LogP contribution in [0.4, 0.5) is 0 Å². The lowest BCUT2D eigenvalue weighted by Crippen LogP contribution is -2.42. The Hall–Kier alpha value is -0.610. The summed E-state index contributed by atoms with van der Waals surface area (Å²) < 4.78 is 0. The van der Waals surface area contributed by atoms with Gasteiger partial charge < -0.3 is 9.80 Å². The Balaban J connectivity index is 3.98. The summed E-state index contributed by atoms with van der Waals surface area (Å²) in [5.74, 6) is 0.193. The average Bonchev–Trinajstić information content (AvgIpc) is 2.24. The monoisotopic (exact) mass is 243 g/mol. The van der Waals surface area contributed by atoms with Gasteiger partial charge in [0, 0.05) is 32.2 Å². The summed E-state index contributed by atoms with van der Waals surface area (Å²) >= 11 is 0. The zero-order valence-corrected chi connectivity index (χ0v) is 12.5. The maximum Gasteiger partial charge on any atom is 0.236 e. The van der Waals surface area contributed by atoms with Gasteiger partial charge in [0.05, 0.1) is 6.54 Å². The highest BCUT2D eigenvalue weighted by molar-refractivity contribution is 5.77. The Morgan fingerprint density at radius 1 is 0.882 bits per heavy atom. The fourth-order valence-corrected chi connectivity index (χ4v) is 1.21. The Kier molecular flexibility index (Phi) is 7.39. The molecule has 0 atom stereocenters. The van der Waals surface area contributed by atoms with Gasteiger partial charge in [0.2, 0.25) is 5.91 Å². The van der Waals surface area contributed by atoms with Crippen molar-refractivity contribution >= 4 is 5.91 Å². The van der Waals surface area contributed by atoms with E-state index in [0.717, 1.165) is 13.1 Å². The maximum atomic E-state index is 11.9. The lowest BCUT2D eigenvalue weighted by molar-refractivity contribution is -0.131. The van der Waals surface area contributed by atoms with Crippen molar-refractivity contribution in [1.82, 2.24) is 14.7 Å². The quantitative estimate of drug-likeness (QED) is 0.670. The summed E-state index contributed by atoms with van der Waals surface area (Å²) in [6.07, 6.45) is 0. The fraction of sp³-hybridized carbons (Fsp3) is 0.923. The van der Waals surface area contributed by atoms with Crippen LogP contribution >= 0.6 is 0 Å². The van der Waals surface area contributed by atoms with Crippen molar-refractivity contribution in [2.75, 3.05) is 40.8 Å². The normalized spacial score (nSPS) is 11.9. The molecule has 0 N–H and O–H groups in total. The minimum Gasteiger partial charge on any atom is -0.343 e. The van der Waals surface area contributed by atoms with Crippen LogP contribution in [0.5, 0.6) is 0 Å². The van der Waals surface area contributed by atoms with E-state index in [2.05, 4.69) is 44.5 Å². The minimum atomic E-state index is 0.193. The zero-order chi connectivity index (χ0) is 13.6. The Labute approximate surface area is 107 Å². The van der Waals surface area contributed by atoms with E-state index in [1.165, 1.54) is 0 Å². The van der Waals surface area contributed by atoms with Gasteiger partial charge in [-0.25, -0.2) is 0 Å². The molecule has 0 fully saturated rings. The number of amides is 1. The van der Waals surface area contributed by atoms with E-state index in [9.17, 15) is 4.79 Å². The topological polar surface area (TPSA) is 26.8 Å². The van der Waals surface area contributed by atoms with Crippen molar-refractivity contribution in [3.63, 3.8) is 0 Å². The van der Waals surface area contributed by atoms with E-state index >= 15 is 0 Å². The van der Waals surface area contributed by atoms with Crippen molar-refractivity contribution in [3.05, 3.63) is 0 Å². The molecule has 0 radical (unpaired) electrons. The molecule has 17 heavy (non-hydrogen) atoms. The summed E-state index contributed by atoms with van der Waals surface area (Å²) in [4.78, 5) is 18.0. The third-order valence-corrected chi connectivity index (χ3v) is 3.36. The highest BCUT2D eigenvalue weighted by atomic mass is 16.2. The van der Waals surface area contributed by atoms with Gasteiger partial charge in [-0.3, -0.25) is 9.69 Å². The molecular weight excluding hydrogens is 214 g/mol. The van der Waals surface area contributed by atoms with Crippen LogP contribution in [0.15, 0.2) is 0 Å². The first-order valence-electron chi connectivity index (χ1n) is 6.40. The van der Waals surface area contributed by atoms with E-state index in [1.54, 1.807) is 0 Å². The molecule has 0 saturated heterocycles. The van der Waals surface area contributed by atoms with Crippen molar-refractivity contribution in [2.45, 2.75) is 39.8 Å². The smallest absolute Gasteiger partial charge is 0.236 e. The molecule has 0 aromatic rings. The molecule has 4 nitrogen and oxygen atoms in total. The molecule has 0 aliphatic carbocycles. The van der Waals surface area contributed by atoms with Gasteiger partial charge in [0.15, 0.2) is 0 Å². The molecule has 0 aliphatic rings. The zero-order valence-electron chi connectivity index (χ0n) is 12.5. The first-order chi connectivity index (χ1) is 7.75. The average molecular weight is 243 g/mol. The maximum absolute atomic E-state index is 11.9. The highest BCUT2D eigenvalue weighted by Crippen LogP contribution is 1.97. The SMILES string of the molecule is CC(C)N(C)CCN(C)C(=O)CN(C)C(C)C. The van der Waals surface area contributed by atoms with Crippen molar-refractivity contribution in [2.24, 2.45) is 0 Å². The summed E-state index contributed by atoms with van der Waals surface area (Å²) in [5, 5.41) is 0. The molecule has 0 unspecified atom stereocenters. The van der Waals surface area contributed by atoms with Crippen LogP contribution in [-0.2, 0) is 4.79 Å². The van der Waals surface area contributed by atoms with Crippen LogP contribution in [0.25, 0.3) is 0 Å². The molecule has 1 amide bonds. The van der Waals surface area contributed by atoms with Crippen LogP contribution in [0.3, 0.4) is 0 Å². The first-order valence-corrected chi connectivity index (χ1v) is 6.40. The predicted molar refractivity (Wildman–Crippen MR) is 73.2 cm³/mol. The number of hydrogen-bond acceptors (Lipinski definition) is 3. The van der Waals surface area contributed by atoms with Crippen LogP contribution in [-0.4, -0.2) is 73.5 Å². The van der Waals surface area contributed by atoms with Gasteiger partial charge in [0.1, 0.15) is 0 Å². The van der Waals surface area contributed by atoms with E-state index < -0.39 is 0 Å². The second kappa shape index (κ2) is 7.67. The molecule has 0 aromatic carbocycles. The molecule has 0 rings (SSSR count). The molecule has 0 spiro atoms. The number of likely N-dealkylation sites (N-methyl/N-ethyl adjacent to an activating group) is 3. The van der Waals surface area contributed by atoms with Crippen molar-refractivity contribution < 1.29 is 4.79 Å². The summed E-state index contributed by atoms with van der Waals surface area (Å²) in [7, 11) is 5.95. The van der Waals surface area contributed by atoms with Gasteiger partial charge in [0.25, 0.3) is 0 Å². The second-order valence-corrected chi connectivity index (χ2v) is 5.40. The summed E-state index contributed by atoms with van der Waals surface area (Å²) in [5.41, 5.74) is 0. The largest absolute Gasteiger partial charge is 0.343 e. The molecule has 0 aliphatic heterocycles. The Bertz CT molecular complexity index is 229. The van der Waals surface area contributed by atoms with Gasteiger partial charge >= 0.3 is 0 Å². The number of rotatable bonds is 7. The highest BCUT2D eigenvalue weighted by Gasteiger charge is 2.14. The molecule has 0 heterocycles. The van der Waals surface area contributed by atoms with Crippen molar-refractivity contribution in [1.29, 1.82) is 0 Å². The van der Waals surface area contributed by atoms with Gasteiger partial charge in [-0.05, 0) is 41.8 Å². The van der Waals surface area contributed by atoms with Crippen molar-refractivity contribution in [3.8, 4) is 0 Å². The molecular formula is C13H29N3O. The third kappa shape index (κ3) is 6.64. The van der Waals surface area contributed by atoms with E-state index in [-0.39, 0.29) is 5.91 Å². The van der Waals surface area contributed by atoms with Gasteiger partial charge in [-0.1, -0.05) is 0 Å². The number of carbonyl (C=O) groups is 1. The third-order valence-electron chi connectivity index (χ3n) is 3.36. The Morgan fingerprint density at radius 3 is 1.76 bits per heavy atom. The van der Waals surface area contributed by atoms with Crippen LogP contribution in [0.2, 0.25) is 0 Å². The van der Waals surface area contributed by atoms with Gasteiger partial charge in [-0.15, -0.1) is 0 Å². The molecule has 0 aromatic heterocycles. The number of hydrogen-bond donors (Lipinski definition) is 0. The van der Waals surface area contributed by atoms with E-state index in [4.69, 9.17) is 0 Å². The second-order valence-electron chi connectivity index (χ2n) is 5.40. The summed E-state index contributed by atoms with van der Waals surface area (Å²) in [6, 6.07) is 0.933. The lowest BCUT2D eigenvalue weighted by Gasteiger charge is -2.27. The Morgan fingerprint density at radius 2 is 1.35 bits per heavy atom. The van der Waals surface area contributed by atoms with Crippen LogP contribution < -0.4 is 0 Å². The molecule has 102 valence electrons. The predicted octanol–water partition coefficient (Wildman–Crippen LogP) is 1.13. The lowest BCUT2D eigenvalue weighted by atomic mass is 10.3. The molecule has 0 bridgehead atoms. The molecule has 4 heteroatoms. The van der Waals surface area contributed by atoms with E-state index in [0.29, 0.717) is 18.6 Å². The fourth-order valence-electron chi connectivity index (χ4n) is 1.21. The first kappa shape index (κ1) is 16.4. The minimum absolute atomic E-state index is 0.193. The summed E-state index contributed by atoms with van der Waals surface area (Å²) in [6.45, 7) is 10.7. The van der Waals surface area contributed by atoms with Crippen LogP contribution in [0, 0.1) is 0 Å².